The molecule has 8 nitrogen and oxygen atoms in total. The molecule has 0 fully saturated rings. The van der Waals surface area contributed by atoms with Crippen LogP contribution in [0.4, 0.5) is 5.69 Å². The van der Waals surface area contributed by atoms with E-state index in [0.29, 0.717) is 33.0 Å². The Labute approximate surface area is 189 Å². The van der Waals surface area contributed by atoms with E-state index in [4.69, 9.17) is 16.3 Å². The predicted octanol–water partition coefficient (Wildman–Crippen LogP) is 3.45. The molecule has 0 spiro atoms. The van der Waals surface area contributed by atoms with Crippen LogP contribution in [0.5, 0.6) is 5.75 Å². The summed E-state index contributed by atoms with van der Waals surface area (Å²) in [4.78, 5) is 24.6. The molecule has 1 aromatic heterocycles. The van der Waals surface area contributed by atoms with Gasteiger partial charge in [-0.25, -0.2) is 0 Å². The highest BCUT2D eigenvalue weighted by Gasteiger charge is 2.14. The minimum Gasteiger partial charge on any atom is -0.497 e. The second kappa shape index (κ2) is 10.3. The second-order valence-electron chi connectivity index (χ2n) is 6.67. The number of benzene rings is 2. The third-order valence-corrected chi connectivity index (χ3v) is 5.75. The van der Waals surface area contributed by atoms with Gasteiger partial charge in [0.25, 0.3) is 5.91 Å². The summed E-state index contributed by atoms with van der Waals surface area (Å²) in [7, 11) is 3.36. The number of methoxy groups -OCH3 is 1. The largest absolute Gasteiger partial charge is 0.497 e. The first-order valence-corrected chi connectivity index (χ1v) is 10.7. The molecule has 2 amide bonds. The van der Waals surface area contributed by atoms with Crippen LogP contribution in [-0.4, -0.2) is 39.4 Å². The fourth-order valence-electron chi connectivity index (χ4n) is 2.67. The first-order valence-electron chi connectivity index (χ1n) is 9.36. The van der Waals surface area contributed by atoms with Crippen molar-refractivity contribution in [2.75, 3.05) is 18.2 Å². The predicted molar refractivity (Wildman–Crippen MR) is 121 cm³/mol. The van der Waals surface area contributed by atoms with E-state index in [9.17, 15) is 9.59 Å². The zero-order valence-corrected chi connectivity index (χ0v) is 18.9. The lowest BCUT2D eigenvalue weighted by Gasteiger charge is -2.09. The number of nitrogens with one attached hydrogen (secondary N) is 2. The number of nitrogens with zero attached hydrogens (tertiary/aromatic N) is 3. The van der Waals surface area contributed by atoms with Gasteiger partial charge in [-0.1, -0.05) is 29.4 Å². The summed E-state index contributed by atoms with van der Waals surface area (Å²) in [5.74, 6) is 1.02. The summed E-state index contributed by atoms with van der Waals surface area (Å²) < 4.78 is 6.84. The molecule has 0 saturated carbocycles. The van der Waals surface area contributed by atoms with Gasteiger partial charge in [0.15, 0.2) is 11.0 Å². The van der Waals surface area contributed by atoms with Crippen molar-refractivity contribution in [3.63, 3.8) is 0 Å². The molecule has 0 aliphatic rings. The summed E-state index contributed by atoms with van der Waals surface area (Å²) in [6.07, 6.45) is 0. The van der Waals surface area contributed by atoms with Crippen molar-refractivity contribution in [2.24, 2.45) is 7.05 Å². The van der Waals surface area contributed by atoms with Gasteiger partial charge >= 0.3 is 0 Å². The zero-order chi connectivity index (χ0) is 22.4. The van der Waals surface area contributed by atoms with Crippen LogP contribution in [0.3, 0.4) is 0 Å². The van der Waals surface area contributed by atoms with Crippen LogP contribution >= 0.6 is 23.4 Å². The molecule has 162 valence electrons. The van der Waals surface area contributed by atoms with Gasteiger partial charge in [-0.3, -0.25) is 9.59 Å². The van der Waals surface area contributed by atoms with Gasteiger partial charge < -0.3 is 19.9 Å². The Morgan fingerprint density at radius 3 is 2.61 bits per heavy atom. The lowest BCUT2D eigenvalue weighted by Crippen LogP contribution is -2.24. The van der Waals surface area contributed by atoms with Crippen molar-refractivity contribution < 1.29 is 14.3 Å². The molecule has 3 rings (SSSR count). The fraction of sp³-hybridized carbons (Fsp3) is 0.238. The summed E-state index contributed by atoms with van der Waals surface area (Å²) in [5.41, 5.74) is 2.12. The lowest BCUT2D eigenvalue weighted by atomic mass is 10.2. The lowest BCUT2D eigenvalue weighted by molar-refractivity contribution is -0.113. The number of hydrogen-bond acceptors (Lipinski definition) is 6. The normalized spacial score (nSPS) is 10.6. The van der Waals surface area contributed by atoms with E-state index in [2.05, 4.69) is 20.8 Å². The van der Waals surface area contributed by atoms with Gasteiger partial charge in [-0.15, -0.1) is 10.2 Å². The van der Waals surface area contributed by atoms with Crippen molar-refractivity contribution in [3.05, 3.63) is 64.4 Å². The number of rotatable bonds is 8. The molecule has 2 N–H and O–H groups in total. The van der Waals surface area contributed by atoms with Crippen LogP contribution in [0, 0.1) is 6.92 Å². The van der Waals surface area contributed by atoms with Crippen LogP contribution in [0.2, 0.25) is 5.02 Å². The van der Waals surface area contributed by atoms with Gasteiger partial charge in [0.2, 0.25) is 5.91 Å². The molecule has 0 bridgehead atoms. The van der Waals surface area contributed by atoms with E-state index in [1.807, 2.05) is 13.0 Å². The molecule has 0 aliphatic heterocycles. The van der Waals surface area contributed by atoms with Gasteiger partial charge in [-0.05, 0) is 48.9 Å². The minimum absolute atomic E-state index is 0.163. The molecule has 31 heavy (non-hydrogen) atoms. The van der Waals surface area contributed by atoms with E-state index >= 15 is 0 Å². The standard InChI is InChI=1S/C21H22ClN5O3S/c1-13-4-7-15(22)10-17(13)24-19(28)12-31-21-26-25-18(27(21)2)11-23-20(29)14-5-8-16(30-3)9-6-14/h4-10H,11-12H2,1-3H3,(H,23,29)(H,24,28). The average molecular weight is 460 g/mol. The monoisotopic (exact) mass is 459 g/mol. The Balaban J connectivity index is 1.52. The molecule has 0 aliphatic carbocycles. The molecule has 0 radical (unpaired) electrons. The summed E-state index contributed by atoms with van der Waals surface area (Å²) >= 11 is 7.25. The first-order chi connectivity index (χ1) is 14.9. The fourth-order valence-corrected chi connectivity index (χ4v) is 3.58. The number of ether oxygens (including phenoxy) is 1. The first kappa shape index (κ1) is 22.6. The van der Waals surface area contributed by atoms with Crippen LogP contribution in [-0.2, 0) is 18.4 Å². The van der Waals surface area contributed by atoms with Gasteiger partial charge in [-0.2, -0.15) is 0 Å². The van der Waals surface area contributed by atoms with Crippen LogP contribution in [0.15, 0.2) is 47.6 Å². The topological polar surface area (TPSA) is 98.1 Å². The molecule has 0 atom stereocenters. The maximum Gasteiger partial charge on any atom is 0.251 e. The Hall–Kier alpha value is -3.04. The van der Waals surface area contributed by atoms with E-state index in [1.165, 1.54) is 11.8 Å². The average Bonchev–Trinajstić information content (AvgIpc) is 3.12. The Morgan fingerprint density at radius 1 is 1.16 bits per heavy atom. The van der Waals surface area contributed by atoms with Gasteiger partial charge in [0, 0.05) is 23.3 Å². The maximum absolute atomic E-state index is 12.3. The summed E-state index contributed by atoms with van der Waals surface area (Å²) in [6, 6.07) is 12.2. The third-order valence-electron chi connectivity index (χ3n) is 4.49. The highest BCUT2D eigenvalue weighted by atomic mass is 35.5. The number of hydrogen-bond donors (Lipinski definition) is 2. The number of aryl methyl sites for hydroxylation is 1. The quantitative estimate of drug-likeness (QED) is 0.501. The molecular formula is C21H22ClN5O3S. The Bertz CT molecular complexity index is 1090. The van der Waals surface area contributed by atoms with E-state index < -0.39 is 0 Å². The Kier molecular flexibility index (Phi) is 7.54. The van der Waals surface area contributed by atoms with Crippen LogP contribution < -0.4 is 15.4 Å². The molecule has 0 saturated heterocycles. The molecule has 2 aromatic carbocycles. The van der Waals surface area contributed by atoms with E-state index in [0.717, 1.165) is 5.56 Å². The Morgan fingerprint density at radius 2 is 1.90 bits per heavy atom. The highest BCUT2D eigenvalue weighted by molar-refractivity contribution is 7.99. The maximum atomic E-state index is 12.3. The van der Waals surface area contributed by atoms with E-state index in [-0.39, 0.29) is 24.1 Å². The van der Waals surface area contributed by atoms with Gasteiger partial charge in [0.1, 0.15) is 5.75 Å². The number of carbonyl (C=O) groups is 2. The minimum atomic E-state index is -0.226. The highest BCUT2D eigenvalue weighted by Crippen LogP contribution is 2.21. The van der Waals surface area contributed by atoms with Crippen molar-refractivity contribution in [3.8, 4) is 5.75 Å². The summed E-state index contributed by atoms with van der Waals surface area (Å²) in [5, 5.41) is 15.0. The molecule has 10 heteroatoms. The molecule has 1 heterocycles. The molecule has 3 aromatic rings. The second-order valence-corrected chi connectivity index (χ2v) is 8.04. The van der Waals surface area contributed by atoms with E-state index in [1.54, 1.807) is 55.1 Å². The van der Waals surface area contributed by atoms with Crippen LogP contribution in [0.25, 0.3) is 0 Å². The van der Waals surface area contributed by atoms with Crippen molar-refractivity contribution in [2.45, 2.75) is 18.6 Å². The SMILES string of the molecule is COc1ccc(C(=O)NCc2nnc(SCC(=O)Nc3cc(Cl)ccc3C)n2C)cc1. The number of halogens is 1. The number of thioether (sulfide) groups is 1. The molecule has 0 unspecified atom stereocenters. The number of aromatic nitrogens is 3. The number of amides is 2. The number of carbonyl (C=O) groups excluding carboxylic acids is 2. The smallest absolute Gasteiger partial charge is 0.251 e. The molecular weight excluding hydrogens is 438 g/mol. The van der Waals surface area contributed by atoms with Gasteiger partial charge in [0.05, 0.1) is 19.4 Å². The zero-order valence-electron chi connectivity index (χ0n) is 17.3. The van der Waals surface area contributed by atoms with Crippen molar-refractivity contribution in [1.82, 2.24) is 20.1 Å². The van der Waals surface area contributed by atoms with Crippen molar-refractivity contribution >= 4 is 40.9 Å². The van der Waals surface area contributed by atoms with Crippen molar-refractivity contribution in [1.29, 1.82) is 0 Å². The number of anilines is 1. The third kappa shape index (κ3) is 5.99. The summed E-state index contributed by atoms with van der Waals surface area (Å²) in [6.45, 7) is 2.11. The van der Waals surface area contributed by atoms with Crippen LogP contribution in [0.1, 0.15) is 21.7 Å².